The fraction of sp³-hybridized carbons (Fsp3) is 0.429. The Labute approximate surface area is 115 Å². The lowest BCUT2D eigenvalue weighted by molar-refractivity contribution is -0.129. The Morgan fingerprint density at radius 3 is 2.65 bits per heavy atom. The van der Waals surface area contributed by atoms with Gasteiger partial charge in [-0.05, 0) is 31.4 Å². The molecule has 1 fully saturated rings. The van der Waals surface area contributed by atoms with Gasteiger partial charge in [-0.15, -0.1) is 0 Å². The molecule has 1 amide bonds. The molecule has 0 heterocycles. The number of carbonyl (C=O) groups is 2. The van der Waals surface area contributed by atoms with Gasteiger partial charge in [-0.2, -0.15) is 0 Å². The molecule has 20 heavy (non-hydrogen) atoms. The lowest BCUT2D eigenvalue weighted by Crippen LogP contribution is -2.42. The Bertz CT molecular complexity index is 534. The zero-order valence-corrected chi connectivity index (χ0v) is 11.1. The van der Waals surface area contributed by atoms with Gasteiger partial charge in [-0.25, -0.2) is 9.18 Å². The maximum atomic E-state index is 13.5. The zero-order valence-electron chi connectivity index (χ0n) is 11.1. The third kappa shape index (κ3) is 2.80. The number of carbonyl (C=O) groups excluding carboxylic acids is 1. The summed E-state index contributed by atoms with van der Waals surface area (Å²) in [5, 5.41) is 11.4. The molecule has 2 N–H and O–H groups in total. The molecule has 1 aliphatic carbocycles. The second-order valence-corrected chi connectivity index (χ2v) is 4.93. The first-order valence-corrected chi connectivity index (χ1v) is 6.34. The van der Waals surface area contributed by atoms with Crippen molar-refractivity contribution >= 4 is 17.6 Å². The lowest BCUT2D eigenvalue weighted by atomic mass is 9.77. The van der Waals surface area contributed by atoms with Crippen molar-refractivity contribution in [2.75, 3.05) is 12.4 Å². The largest absolute Gasteiger partial charge is 0.478 e. The van der Waals surface area contributed by atoms with Crippen molar-refractivity contribution < 1.29 is 23.8 Å². The number of aromatic carboxylic acids is 1. The van der Waals surface area contributed by atoms with E-state index in [1.165, 1.54) is 12.1 Å². The van der Waals surface area contributed by atoms with Crippen LogP contribution < -0.4 is 5.32 Å². The average Bonchev–Trinajstić information content (AvgIpc) is 2.33. The van der Waals surface area contributed by atoms with E-state index in [4.69, 9.17) is 9.84 Å². The fourth-order valence-corrected chi connectivity index (χ4v) is 2.36. The van der Waals surface area contributed by atoms with Crippen molar-refractivity contribution in [2.45, 2.75) is 31.3 Å². The van der Waals surface area contributed by atoms with Crippen LogP contribution in [-0.2, 0) is 9.53 Å². The lowest BCUT2D eigenvalue weighted by Gasteiger charge is -2.39. The number of amides is 1. The van der Waals surface area contributed by atoms with E-state index in [0.717, 1.165) is 25.3 Å². The van der Waals surface area contributed by atoms with Crippen LogP contribution in [0, 0.1) is 5.82 Å². The minimum absolute atomic E-state index is 0.0342. The summed E-state index contributed by atoms with van der Waals surface area (Å²) in [5.41, 5.74) is -1.02. The number of halogens is 1. The standard InChI is InChI=1S/C14H16FNO4/c1-20-14(6-3-7-14)8-11(17)16-10-5-2-4-9(15)12(10)13(18)19/h2,4-5H,3,6-8H2,1H3,(H,16,17)(H,18,19). The van der Waals surface area contributed by atoms with E-state index in [2.05, 4.69) is 5.32 Å². The molecular formula is C14H16FNO4. The molecule has 1 saturated carbocycles. The van der Waals surface area contributed by atoms with E-state index in [1.807, 2.05) is 0 Å². The second kappa shape index (κ2) is 5.58. The fourth-order valence-electron chi connectivity index (χ4n) is 2.36. The summed E-state index contributed by atoms with van der Waals surface area (Å²) in [4.78, 5) is 23.0. The summed E-state index contributed by atoms with van der Waals surface area (Å²) in [6, 6.07) is 3.76. The minimum atomic E-state index is -1.41. The highest BCUT2D eigenvalue weighted by Crippen LogP contribution is 2.38. The molecular weight excluding hydrogens is 265 g/mol. The number of rotatable bonds is 5. The van der Waals surface area contributed by atoms with Gasteiger partial charge in [0.2, 0.25) is 5.91 Å². The summed E-state index contributed by atoms with van der Waals surface area (Å²) in [6.45, 7) is 0. The number of benzene rings is 1. The molecule has 0 radical (unpaired) electrons. The van der Waals surface area contributed by atoms with Crippen LogP contribution in [0.4, 0.5) is 10.1 Å². The number of hydrogen-bond acceptors (Lipinski definition) is 3. The minimum Gasteiger partial charge on any atom is -0.478 e. The molecule has 1 aromatic carbocycles. The van der Waals surface area contributed by atoms with E-state index < -0.39 is 23.0 Å². The third-order valence-electron chi connectivity index (χ3n) is 3.68. The first-order chi connectivity index (χ1) is 9.47. The molecule has 0 aromatic heterocycles. The molecule has 0 unspecified atom stereocenters. The van der Waals surface area contributed by atoms with Gasteiger partial charge in [0.15, 0.2) is 0 Å². The molecule has 1 aliphatic rings. The van der Waals surface area contributed by atoms with Crippen LogP contribution in [0.5, 0.6) is 0 Å². The van der Waals surface area contributed by atoms with Crippen LogP contribution in [0.1, 0.15) is 36.0 Å². The van der Waals surface area contributed by atoms with Gasteiger partial charge in [0, 0.05) is 7.11 Å². The van der Waals surface area contributed by atoms with Gasteiger partial charge in [-0.1, -0.05) is 6.07 Å². The number of carboxylic acids is 1. The SMILES string of the molecule is COC1(CC(=O)Nc2cccc(F)c2C(=O)O)CCC1. The molecule has 0 spiro atoms. The maximum Gasteiger partial charge on any atom is 0.340 e. The average molecular weight is 281 g/mol. The van der Waals surface area contributed by atoms with Gasteiger partial charge in [0.1, 0.15) is 11.4 Å². The van der Waals surface area contributed by atoms with E-state index in [-0.39, 0.29) is 18.0 Å². The molecule has 108 valence electrons. The summed E-state index contributed by atoms with van der Waals surface area (Å²) in [6.07, 6.45) is 2.73. The first-order valence-electron chi connectivity index (χ1n) is 6.34. The van der Waals surface area contributed by atoms with Gasteiger partial charge in [0.25, 0.3) is 0 Å². The maximum absolute atomic E-state index is 13.5. The number of hydrogen-bond donors (Lipinski definition) is 2. The smallest absolute Gasteiger partial charge is 0.340 e. The van der Waals surface area contributed by atoms with Crippen molar-refractivity contribution in [3.63, 3.8) is 0 Å². The van der Waals surface area contributed by atoms with Crippen LogP contribution in [0.15, 0.2) is 18.2 Å². The monoisotopic (exact) mass is 281 g/mol. The van der Waals surface area contributed by atoms with Crippen LogP contribution in [-0.4, -0.2) is 29.7 Å². The van der Waals surface area contributed by atoms with Crippen LogP contribution in [0.25, 0.3) is 0 Å². The zero-order chi connectivity index (χ0) is 14.8. The Morgan fingerprint density at radius 2 is 2.15 bits per heavy atom. The van der Waals surface area contributed by atoms with Crippen molar-refractivity contribution in [1.82, 2.24) is 0 Å². The number of methoxy groups -OCH3 is 1. The highest BCUT2D eigenvalue weighted by atomic mass is 19.1. The van der Waals surface area contributed by atoms with Gasteiger partial charge in [-0.3, -0.25) is 4.79 Å². The summed E-state index contributed by atoms with van der Waals surface area (Å²) in [5.74, 6) is -2.66. The molecule has 6 heteroatoms. The summed E-state index contributed by atoms with van der Waals surface area (Å²) in [7, 11) is 1.55. The quantitative estimate of drug-likeness (QED) is 0.869. The number of ether oxygens (including phenoxy) is 1. The highest BCUT2D eigenvalue weighted by molar-refractivity contribution is 6.00. The molecule has 5 nitrogen and oxygen atoms in total. The topological polar surface area (TPSA) is 75.6 Å². The predicted octanol–water partition coefficient (Wildman–Crippen LogP) is 2.42. The van der Waals surface area contributed by atoms with Gasteiger partial charge in [0.05, 0.1) is 17.7 Å². The molecule has 0 atom stereocenters. The number of carboxylic acid groups (broad SMARTS) is 1. The van der Waals surface area contributed by atoms with Crippen LogP contribution >= 0.6 is 0 Å². The molecule has 2 rings (SSSR count). The Kier molecular flexibility index (Phi) is 4.04. The third-order valence-corrected chi connectivity index (χ3v) is 3.68. The first kappa shape index (κ1) is 14.5. The second-order valence-electron chi connectivity index (χ2n) is 4.93. The van der Waals surface area contributed by atoms with Crippen molar-refractivity contribution in [1.29, 1.82) is 0 Å². The normalized spacial score (nSPS) is 16.3. The van der Waals surface area contributed by atoms with Crippen molar-refractivity contribution in [3.05, 3.63) is 29.6 Å². The summed E-state index contributed by atoms with van der Waals surface area (Å²) >= 11 is 0. The number of nitrogens with one attached hydrogen (secondary N) is 1. The van der Waals surface area contributed by atoms with E-state index in [9.17, 15) is 14.0 Å². The molecule has 0 saturated heterocycles. The van der Waals surface area contributed by atoms with Crippen molar-refractivity contribution in [2.24, 2.45) is 0 Å². The Balaban J connectivity index is 2.12. The van der Waals surface area contributed by atoms with E-state index in [1.54, 1.807) is 7.11 Å². The molecule has 1 aromatic rings. The Morgan fingerprint density at radius 1 is 1.45 bits per heavy atom. The highest BCUT2D eigenvalue weighted by Gasteiger charge is 2.39. The Hall–Kier alpha value is -1.95. The van der Waals surface area contributed by atoms with E-state index >= 15 is 0 Å². The van der Waals surface area contributed by atoms with Gasteiger partial charge >= 0.3 is 5.97 Å². The van der Waals surface area contributed by atoms with Crippen LogP contribution in [0.2, 0.25) is 0 Å². The van der Waals surface area contributed by atoms with Gasteiger partial charge < -0.3 is 15.2 Å². The van der Waals surface area contributed by atoms with E-state index in [0.29, 0.717) is 0 Å². The predicted molar refractivity (Wildman–Crippen MR) is 70.2 cm³/mol. The summed E-state index contributed by atoms with van der Waals surface area (Å²) < 4.78 is 18.8. The number of anilines is 1. The van der Waals surface area contributed by atoms with Crippen molar-refractivity contribution in [3.8, 4) is 0 Å². The molecule has 0 bridgehead atoms. The molecule has 0 aliphatic heterocycles. The van der Waals surface area contributed by atoms with Crippen LogP contribution in [0.3, 0.4) is 0 Å².